The van der Waals surface area contributed by atoms with Crippen LogP contribution in [0.5, 0.6) is 0 Å². The molecule has 2 amide bonds. The maximum atomic E-state index is 12.8. The Hall–Kier alpha value is -1.83. The first-order valence-corrected chi connectivity index (χ1v) is 8.78. The van der Waals surface area contributed by atoms with E-state index < -0.39 is 17.7 Å². The van der Waals surface area contributed by atoms with Crippen LogP contribution in [0, 0.1) is 5.92 Å². The average molecular weight is 356 g/mol. The lowest BCUT2D eigenvalue weighted by molar-refractivity contribution is -0.124. The molecule has 2 unspecified atom stereocenters. The van der Waals surface area contributed by atoms with Crippen LogP contribution < -0.4 is 16.0 Å². The summed E-state index contributed by atoms with van der Waals surface area (Å²) >= 11 is 0. The second-order valence-corrected chi connectivity index (χ2v) is 7.29. The van der Waals surface area contributed by atoms with Gasteiger partial charge in [0.25, 0.3) is 0 Å². The molecule has 1 saturated heterocycles. The number of ether oxygens (including phenoxy) is 1. The fourth-order valence-corrected chi connectivity index (χ4v) is 2.51. The van der Waals surface area contributed by atoms with Crippen molar-refractivity contribution in [2.45, 2.75) is 65.1 Å². The Morgan fingerprint density at radius 2 is 2.08 bits per heavy atom. The molecule has 1 fully saturated rings. The zero-order valence-corrected chi connectivity index (χ0v) is 16.1. The number of hydrogen-bond donors (Lipinski definition) is 3. The number of hydrogen-bond acceptors (Lipinski definition) is 6. The minimum absolute atomic E-state index is 0.0353. The van der Waals surface area contributed by atoms with Gasteiger partial charge in [0.05, 0.1) is 11.8 Å². The van der Waals surface area contributed by atoms with Gasteiger partial charge in [0.2, 0.25) is 5.91 Å². The van der Waals surface area contributed by atoms with Gasteiger partial charge in [-0.15, -0.1) is 0 Å². The van der Waals surface area contributed by atoms with Crippen molar-refractivity contribution in [1.82, 2.24) is 16.0 Å². The molecule has 3 N–H and O–H groups in total. The number of carbonyl (C=O) groups is 2. The monoisotopic (exact) mass is 356 g/mol. The summed E-state index contributed by atoms with van der Waals surface area (Å²) in [5.74, 6) is -0.287. The van der Waals surface area contributed by atoms with Gasteiger partial charge < -0.3 is 25.5 Å². The van der Waals surface area contributed by atoms with Crippen LogP contribution in [-0.2, 0) is 14.4 Å². The number of piperidine rings is 1. The van der Waals surface area contributed by atoms with Gasteiger partial charge in [-0.25, -0.2) is 4.79 Å². The average Bonchev–Trinajstić information content (AvgIpc) is 2.52. The van der Waals surface area contributed by atoms with E-state index in [2.05, 4.69) is 21.1 Å². The van der Waals surface area contributed by atoms with Gasteiger partial charge in [-0.3, -0.25) is 4.79 Å². The van der Waals surface area contributed by atoms with Crippen LogP contribution in [0.2, 0.25) is 0 Å². The molecule has 3 atom stereocenters. The van der Waals surface area contributed by atoms with Gasteiger partial charge >= 0.3 is 6.09 Å². The summed E-state index contributed by atoms with van der Waals surface area (Å²) in [5.41, 5.74) is 0.168. The second-order valence-electron chi connectivity index (χ2n) is 7.29. The first-order valence-electron chi connectivity index (χ1n) is 8.78. The van der Waals surface area contributed by atoms with Crippen LogP contribution in [0.25, 0.3) is 0 Å². The molecule has 0 bridgehead atoms. The summed E-state index contributed by atoms with van der Waals surface area (Å²) in [6, 6.07) is -0.932. The fraction of sp³-hybridized carbons (Fsp3) is 0.824. The van der Waals surface area contributed by atoms with Crippen molar-refractivity contribution < 1.29 is 19.2 Å². The SMILES string of the molecule is CCC(C)[C@H](NC(=O)OC(C)(C)C)C(=O)NC1CNCCC1=NOC. The zero-order valence-electron chi connectivity index (χ0n) is 16.1. The van der Waals surface area contributed by atoms with E-state index in [-0.39, 0.29) is 17.9 Å². The van der Waals surface area contributed by atoms with Crippen LogP contribution in [0.3, 0.4) is 0 Å². The minimum atomic E-state index is -0.675. The summed E-state index contributed by atoms with van der Waals surface area (Å²) in [4.78, 5) is 29.7. The molecule has 0 spiro atoms. The van der Waals surface area contributed by atoms with E-state index in [1.807, 2.05) is 13.8 Å². The Morgan fingerprint density at radius 1 is 1.40 bits per heavy atom. The lowest BCUT2D eigenvalue weighted by Gasteiger charge is -2.30. The molecule has 0 aliphatic carbocycles. The maximum absolute atomic E-state index is 12.8. The molecule has 0 aromatic carbocycles. The van der Waals surface area contributed by atoms with E-state index >= 15 is 0 Å². The smallest absolute Gasteiger partial charge is 0.408 e. The van der Waals surface area contributed by atoms with Crippen molar-refractivity contribution >= 4 is 17.7 Å². The van der Waals surface area contributed by atoms with E-state index in [1.165, 1.54) is 7.11 Å². The van der Waals surface area contributed by atoms with Crippen LogP contribution in [-0.4, -0.2) is 55.6 Å². The number of rotatable bonds is 6. The van der Waals surface area contributed by atoms with Crippen LogP contribution in [0.15, 0.2) is 5.16 Å². The predicted molar refractivity (Wildman–Crippen MR) is 96.5 cm³/mol. The largest absolute Gasteiger partial charge is 0.444 e. The number of nitrogens with zero attached hydrogens (tertiary/aromatic N) is 1. The Labute approximate surface area is 150 Å². The molecule has 0 radical (unpaired) electrons. The normalized spacial score (nSPS) is 22.0. The van der Waals surface area contributed by atoms with Gasteiger partial charge in [0, 0.05) is 19.5 Å². The van der Waals surface area contributed by atoms with E-state index in [4.69, 9.17) is 9.57 Å². The molecule has 1 rings (SSSR count). The quantitative estimate of drug-likeness (QED) is 0.625. The van der Waals surface area contributed by atoms with Crippen LogP contribution >= 0.6 is 0 Å². The van der Waals surface area contributed by atoms with E-state index in [0.717, 1.165) is 18.7 Å². The van der Waals surface area contributed by atoms with Crippen LogP contribution in [0.1, 0.15) is 47.5 Å². The van der Waals surface area contributed by atoms with Gasteiger partial charge in [-0.05, 0) is 26.7 Å². The topological polar surface area (TPSA) is 101 Å². The highest BCUT2D eigenvalue weighted by atomic mass is 16.6. The molecule has 1 aliphatic rings. The summed E-state index contributed by atoms with van der Waals surface area (Å²) in [7, 11) is 1.49. The van der Waals surface area contributed by atoms with E-state index in [9.17, 15) is 9.59 Å². The lowest BCUT2D eigenvalue weighted by atomic mass is 9.97. The van der Waals surface area contributed by atoms with Gasteiger partial charge in [0.15, 0.2) is 0 Å². The standard InChI is InChI=1S/C17H32N4O4/c1-7-11(2)14(20-16(23)25-17(3,4)5)15(22)19-13-10-18-9-8-12(13)21-24-6/h11,13-14,18H,7-10H2,1-6H3,(H,19,22)(H,20,23)/t11?,13?,14-/m0/s1. The molecule has 8 heteroatoms. The van der Waals surface area contributed by atoms with Crippen molar-refractivity contribution in [3.8, 4) is 0 Å². The van der Waals surface area contributed by atoms with Gasteiger partial charge in [0.1, 0.15) is 18.8 Å². The van der Waals surface area contributed by atoms with Crippen molar-refractivity contribution in [2.75, 3.05) is 20.2 Å². The molecule has 1 heterocycles. The number of nitrogens with one attached hydrogen (secondary N) is 3. The second kappa shape index (κ2) is 9.60. The predicted octanol–water partition coefficient (Wildman–Crippen LogP) is 1.41. The summed E-state index contributed by atoms with van der Waals surface area (Å²) in [6.07, 6.45) is 0.850. The van der Waals surface area contributed by atoms with Gasteiger partial charge in [-0.2, -0.15) is 0 Å². The molecule has 144 valence electrons. The molecule has 1 aliphatic heterocycles. The highest BCUT2D eigenvalue weighted by Crippen LogP contribution is 2.12. The Morgan fingerprint density at radius 3 is 2.64 bits per heavy atom. The highest BCUT2D eigenvalue weighted by Gasteiger charge is 2.31. The maximum Gasteiger partial charge on any atom is 0.408 e. The summed E-state index contributed by atoms with van der Waals surface area (Å²) in [5, 5.41) is 12.9. The van der Waals surface area contributed by atoms with Crippen molar-refractivity contribution in [3.63, 3.8) is 0 Å². The van der Waals surface area contributed by atoms with Gasteiger partial charge in [-0.1, -0.05) is 25.4 Å². The van der Waals surface area contributed by atoms with Crippen molar-refractivity contribution in [3.05, 3.63) is 0 Å². The Kier molecular flexibility index (Phi) is 8.15. The van der Waals surface area contributed by atoms with E-state index in [1.54, 1.807) is 20.8 Å². The molecule has 8 nitrogen and oxygen atoms in total. The number of alkyl carbamates (subject to hydrolysis) is 1. The third-order valence-corrected chi connectivity index (χ3v) is 4.00. The minimum Gasteiger partial charge on any atom is -0.444 e. The molecule has 0 saturated carbocycles. The molecular weight excluding hydrogens is 324 g/mol. The molecule has 0 aromatic heterocycles. The number of oxime groups is 1. The Bertz CT molecular complexity index is 488. The third kappa shape index (κ3) is 7.29. The van der Waals surface area contributed by atoms with E-state index in [0.29, 0.717) is 13.0 Å². The lowest BCUT2D eigenvalue weighted by Crippen LogP contribution is -2.58. The third-order valence-electron chi connectivity index (χ3n) is 4.00. The van der Waals surface area contributed by atoms with Crippen LogP contribution in [0.4, 0.5) is 4.79 Å². The van der Waals surface area contributed by atoms with Crippen molar-refractivity contribution in [1.29, 1.82) is 0 Å². The van der Waals surface area contributed by atoms with Crippen molar-refractivity contribution in [2.24, 2.45) is 11.1 Å². The Balaban J connectivity index is 2.79. The first-order chi connectivity index (χ1) is 11.7. The summed E-state index contributed by atoms with van der Waals surface area (Å²) < 4.78 is 5.28. The fourth-order valence-electron chi connectivity index (χ4n) is 2.51. The first kappa shape index (κ1) is 21.2. The number of amides is 2. The highest BCUT2D eigenvalue weighted by molar-refractivity contribution is 5.95. The molecule has 25 heavy (non-hydrogen) atoms. The summed E-state index contributed by atoms with van der Waals surface area (Å²) in [6.45, 7) is 10.6. The number of carbonyl (C=O) groups excluding carboxylic acids is 2. The molecular formula is C17H32N4O4. The zero-order chi connectivity index (χ0) is 19.0. The molecule has 0 aromatic rings.